The number of rotatable bonds is 36. The summed E-state index contributed by atoms with van der Waals surface area (Å²) in [4.78, 5) is 25.4. The van der Waals surface area contributed by atoms with E-state index in [4.69, 9.17) is 0 Å². The summed E-state index contributed by atoms with van der Waals surface area (Å²) in [7, 11) is -4.88. The van der Waals surface area contributed by atoms with Gasteiger partial charge < -0.3 is 15.2 Å². The van der Waals surface area contributed by atoms with Gasteiger partial charge in [-0.2, -0.15) is 0 Å². The van der Waals surface area contributed by atoms with Crippen molar-refractivity contribution in [3.05, 3.63) is 23.8 Å². The number of carbonyl (C=O) groups is 2. The van der Waals surface area contributed by atoms with Crippen molar-refractivity contribution >= 4 is 33.6 Å². The molecule has 8 nitrogen and oxygen atoms in total. The van der Waals surface area contributed by atoms with E-state index in [2.05, 4.69) is 28.7 Å². The van der Waals surface area contributed by atoms with Crippen LogP contribution in [0.1, 0.15) is 218 Å². The summed E-state index contributed by atoms with van der Waals surface area (Å²) in [6, 6.07) is 4.79. The molecule has 0 aromatic heterocycles. The Morgan fingerprint density at radius 1 is 0.500 bits per heavy atom. The molecule has 296 valence electrons. The minimum absolute atomic E-state index is 0. The first-order valence-electron chi connectivity index (χ1n) is 21.1. The molecule has 1 aromatic rings. The van der Waals surface area contributed by atoms with E-state index < -0.39 is 17.0 Å². The number of nitrogens with one attached hydrogen (secondary N) is 2. The fourth-order valence-corrected chi connectivity index (χ4v) is 6.92. The van der Waals surface area contributed by atoms with Crippen LogP contribution in [0.3, 0.4) is 0 Å². The summed E-state index contributed by atoms with van der Waals surface area (Å²) in [5.41, 5.74) is 1.22. The maximum atomic E-state index is 12.7. The summed E-state index contributed by atoms with van der Waals surface area (Å²) in [5.74, 6) is -0.280. The molecule has 10 heteroatoms. The van der Waals surface area contributed by atoms with Crippen molar-refractivity contribution < 1.29 is 56.3 Å². The van der Waals surface area contributed by atoms with Crippen molar-refractivity contribution in [1.82, 2.24) is 0 Å². The van der Waals surface area contributed by atoms with Gasteiger partial charge in [0.25, 0.3) is 0 Å². The van der Waals surface area contributed by atoms with Gasteiger partial charge in [-0.05, 0) is 36.6 Å². The summed E-state index contributed by atoms with van der Waals surface area (Å²) in [6.45, 7) is 4.04. The van der Waals surface area contributed by atoms with Crippen LogP contribution in [0, 0.1) is 0 Å². The fourth-order valence-electron chi connectivity index (χ4n) is 6.64. The summed E-state index contributed by atoms with van der Waals surface area (Å²) >= 11 is 0. The molecule has 0 saturated carbocycles. The van der Waals surface area contributed by atoms with Crippen LogP contribution in [-0.2, 0) is 30.8 Å². The molecule has 1 aromatic carbocycles. The number of hydrogen-bond donors (Lipinski definition) is 2. The number of anilines is 2. The molecule has 0 radical (unpaired) electrons. The molecule has 1 rings (SSSR count). The van der Waals surface area contributed by atoms with Crippen molar-refractivity contribution in [3.8, 4) is 0 Å². The van der Waals surface area contributed by atoms with Crippen LogP contribution in [0.15, 0.2) is 18.2 Å². The van der Waals surface area contributed by atoms with E-state index in [-0.39, 0.29) is 41.4 Å². The second-order valence-corrected chi connectivity index (χ2v) is 15.8. The molecule has 2 amide bonds. The Hall–Kier alpha value is -0.970. The van der Waals surface area contributed by atoms with Gasteiger partial charge in [-0.25, -0.2) is 8.42 Å². The predicted octanol–water partition coefficient (Wildman–Crippen LogP) is 9.68. The van der Waals surface area contributed by atoms with Crippen molar-refractivity contribution in [2.75, 3.05) is 10.6 Å². The van der Waals surface area contributed by atoms with Crippen LogP contribution in [0.5, 0.6) is 0 Å². The van der Waals surface area contributed by atoms with Crippen molar-refractivity contribution in [1.29, 1.82) is 0 Å². The van der Waals surface area contributed by atoms with E-state index in [0.29, 0.717) is 29.8 Å². The first-order valence-corrected chi connectivity index (χ1v) is 22.4. The Balaban J connectivity index is 0.0000260. The molecule has 0 heterocycles. The SMILES string of the molecule is CCCCCCCCCCCCCCCCCC(=O)Nc1cc(COS(=O)(=O)[O-])cc(NC(=O)CCCCCCCCCCCCCCCC)c1.[Na+]. The first-order chi connectivity index (χ1) is 24.7. The fraction of sp³-hybridized carbons (Fsp3) is 0.810. The van der Waals surface area contributed by atoms with Gasteiger partial charge in [0.2, 0.25) is 22.2 Å². The Kier molecular flexibility index (Phi) is 35.0. The average molecular weight is 759 g/mol. The number of benzene rings is 1. The molecule has 0 aliphatic heterocycles. The quantitative estimate of drug-likeness (QED) is 0.0304. The zero-order valence-electron chi connectivity index (χ0n) is 33.7. The van der Waals surface area contributed by atoms with Crippen LogP contribution in [-0.4, -0.2) is 24.8 Å². The van der Waals surface area contributed by atoms with Gasteiger partial charge in [-0.1, -0.05) is 187 Å². The van der Waals surface area contributed by atoms with Crippen LogP contribution in [0.4, 0.5) is 11.4 Å². The van der Waals surface area contributed by atoms with Gasteiger partial charge in [-0.15, -0.1) is 0 Å². The largest absolute Gasteiger partial charge is 1.00 e. The van der Waals surface area contributed by atoms with Gasteiger partial charge >= 0.3 is 29.6 Å². The molecule has 0 spiro atoms. The molecular formula is C42H75N2NaO6S. The van der Waals surface area contributed by atoms with Crippen LogP contribution < -0.4 is 40.2 Å². The van der Waals surface area contributed by atoms with E-state index in [0.717, 1.165) is 38.5 Å². The minimum Gasteiger partial charge on any atom is -0.726 e. The van der Waals surface area contributed by atoms with Gasteiger partial charge in [-0.3, -0.25) is 13.8 Å². The zero-order valence-corrected chi connectivity index (χ0v) is 36.5. The maximum Gasteiger partial charge on any atom is 1.00 e. The van der Waals surface area contributed by atoms with E-state index in [1.54, 1.807) is 18.2 Å². The van der Waals surface area contributed by atoms with Gasteiger partial charge in [0.1, 0.15) is 0 Å². The third-order valence-electron chi connectivity index (χ3n) is 9.70. The standard InChI is InChI=1S/C42H76N2O6S.Na/c1-3-5-7-9-11-13-15-17-19-21-23-25-27-29-31-33-42(46)44-40-35-38(37-50-51(47,48)49)34-39(36-40)43-41(45)32-30-28-26-24-22-20-18-16-14-12-10-8-6-4-2;/h34-36H,3-33,37H2,1-2H3,(H,43,45)(H,44,46)(H,47,48,49);/q;+1/p-1. The normalized spacial score (nSPS) is 11.4. The van der Waals surface area contributed by atoms with Crippen molar-refractivity contribution in [3.63, 3.8) is 0 Å². The summed E-state index contributed by atoms with van der Waals surface area (Å²) < 4.78 is 37.6. The van der Waals surface area contributed by atoms with Crippen molar-refractivity contribution in [2.45, 2.75) is 219 Å². The monoisotopic (exact) mass is 759 g/mol. The molecule has 0 saturated heterocycles. The third kappa shape index (κ3) is 33.6. The Labute approximate surface area is 341 Å². The molecule has 0 aliphatic rings. The number of hydrogen-bond acceptors (Lipinski definition) is 6. The smallest absolute Gasteiger partial charge is 0.726 e. The van der Waals surface area contributed by atoms with Crippen LogP contribution in [0.2, 0.25) is 0 Å². The summed E-state index contributed by atoms with van der Waals surface area (Å²) in [5, 5.41) is 5.73. The second kappa shape index (κ2) is 35.7. The number of carbonyl (C=O) groups excluding carboxylic acids is 2. The van der Waals surface area contributed by atoms with E-state index >= 15 is 0 Å². The van der Waals surface area contributed by atoms with Gasteiger partial charge in [0, 0.05) is 24.2 Å². The second-order valence-electron chi connectivity index (χ2n) is 14.7. The summed E-state index contributed by atoms with van der Waals surface area (Å²) in [6.07, 6.45) is 37.2. The topological polar surface area (TPSA) is 125 Å². The molecule has 0 fully saturated rings. The van der Waals surface area contributed by atoms with Crippen molar-refractivity contribution in [2.24, 2.45) is 0 Å². The molecule has 0 atom stereocenters. The number of unbranched alkanes of at least 4 members (excludes halogenated alkanes) is 27. The Morgan fingerprint density at radius 3 is 1.04 bits per heavy atom. The van der Waals surface area contributed by atoms with Crippen LogP contribution >= 0.6 is 0 Å². The molecule has 52 heavy (non-hydrogen) atoms. The third-order valence-corrected chi connectivity index (χ3v) is 10.1. The first kappa shape index (κ1) is 51.0. The Morgan fingerprint density at radius 2 is 0.769 bits per heavy atom. The van der Waals surface area contributed by atoms with E-state index in [9.17, 15) is 22.6 Å². The number of amides is 2. The molecule has 0 unspecified atom stereocenters. The minimum atomic E-state index is -4.88. The van der Waals surface area contributed by atoms with Gasteiger partial charge in [0.05, 0.1) is 6.61 Å². The zero-order chi connectivity index (χ0) is 37.3. The van der Waals surface area contributed by atoms with Crippen LogP contribution in [0.25, 0.3) is 0 Å². The molecule has 0 aliphatic carbocycles. The van der Waals surface area contributed by atoms with E-state index in [1.165, 1.54) is 148 Å². The van der Waals surface area contributed by atoms with E-state index in [1.807, 2.05) is 0 Å². The maximum absolute atomic E-state index is 12.7. The average Bonchev–Trinajstić information content (AvgIpc) is 3.08. The predicted molar refractivity (Wildman–Crippen MR) is 213 cm³/mol. The molecular weight excluding hydrogens is 684 g/mol. The molecule has 0 bridgehead atoms. The molecule has 2 N–H and O–H groups in total. The van der Waals surface area contributed by atoms with Gasteiger partial charge in [0.15, 0.2) is 0 Å². The Bertz CT molecular complexity index is 1120.